The van der Waals surface area contributed by atoms with Gasteiger partial charge in [0.25, 0.3) is 0 Å². The number of carbonyl (C=O) groups excluding carboxylic acids is 2. The van der Waals surface area contributed by atoms with E-state index < -0.39 is 27.6 Å². The van der Waals surface area contributed by atoms with Gasteiger partial charge in [0.1, 0.15) is 11.9 Å². The van der Waals surface area contributed by atoms with E-state index in [1.807, 2.05) is 6.92 Å². The number of nitrogens with one attached hydrogen (secondary N) is 2. The second kappa shape index (κ2) is 10.8. The highest BCUT2D eigenvalue weighted by Gasteiger charge is 2.31. The van der Waals surface area contributed by atoms with Gasteiger partial charge in [-0.05, 0) is 39.0 Å². The third-order valence-corrected chi connectivity index (χ3v) is 6.09. The van der Waals surface area contributed by atoms with Crippen LogP contribution in [0.15, 0.2) is 0 Å². The zero-order valence-electron chi connectivity index (χ0n) is 15.5. The highest BCUT2D eigenvalue weighted by atomic mass is 32.2. The van der Waals surface area contributed by atoms with E-state index in [4.69, 9.17) is 4.74 Å². The second-order valence-electron chi connectivity index (χ2n) is 6.65. The van der Waals surface area contributed by atoms with Crippen molar-refractivity contribution in [2.45, 2.75) is 65.0 Å². The zero-order chi connectivity index (χ0) is 18.9. The molecule has 8 heteroatoms. The fourth-order valence-corrected chi connectivity index (χ4v) is 3.76. The van der Waals surface area contributed by atoms with Crippen LogP contribution in [0.25, 0.3) is 0 Å². The molecule has 1 aliphatic carbocycles. The molecule has 1 saturated carbocycles. The summed E-state index contributed by atoms with van der Waals surface area (Å²) in [6.07, 6.45) is 4.48. The van der Waals surface area contributed by atoms with Crippen LogP contribution in [0.5, 0.6) is 0 Å². The summed E-state index contributed by atoms with van der Waals surface area (Å²) in [5.41, 5.74) is 0. The van der Waals surface area contributed by atoms with Crippen LogP contribution in [0, 0.1) is 5.92 Å². The Hall–Kier alpha value is -1.15. The minimum Gasteiger partial charge on any atom is -0.368 e. The molecule has 2 atom stereocenters. The summed E-state index contributed by atoms with van der Waals surface area (Å²) in [4.78, 5) is 24.0. The van der Waals surface area contributed by atoms with Crippen molar-refractivity contribution in [2.75, 3.05) is 24.7 Å². The van der Waals surface area contributed by atoms with E-state index in [0.717, 1.165) is 25.7 Å². The van der Waals surface area contributed by atoms with Gasteiger partial charge in [0, 0.05) is 24.9 Å². The highest BCUT2D eigenvalue weighted by Crippen LogP contribution is 2.29. The quantitative estimate of drug-likeness (QED) is 0.561. The van der Waals surface area contributed by atoms with Crippen molar-refractivity contribution in [3.8, 4) is 0 Å². The summed E-state index contributed by atoms with van der Waals surface area (Å²) in [6.45, 7) is 6.11. The van der Waals surface area contributed by atoms with E-state index in [2.05, 4.69) is 10.6 Å². The maximum atomic E-state index is 12.3. The normalized spacial score (nSPS) is 17.9. The third kappa shape index (κ3) is 8.18. The zero-order valence-corrected chi connectivity index (χ0v) is 16.4. The molecule has 25 heavy (non-hydrogen) atoms. The Labute approximate surface area is 151 Å². The van der Waals surface area contributed by atoms with Gasteiger partial charge in [-0.15, -0.1) is 0 Å². The van der Waals surface area contributed by atoms with Gasteiger partial charge in [-0.25, -0.2) is 8.42 Å². The number of sulfone groups is 1. The second-order valence-corrected chi connectivity index (χ2v) is 9.00. The lowest BCUT2D eigenvalue weighted by molar-refractivity contribution is -0.136. The fourth-order valence-electron chi connectivity index (χ4n) is 3.07. The van der Waals surface area contributed by atoms with Gasteiger partial charge in [0.15, 0.2) is 9.84 Å². The van der Waals surface area contributed by atoms with Crippen LogP contribution >= 0.6 is 0 Å². The summed E-state index contributed by atoms with van der Waals surface area (Å²) >= 11 is 0. The number of hydrogen-bond donors (Lipinski definition) is 2. The number of carbonyl (C=O) groups is 2. The maximum absolute atomic E-state index is 12.3. The van der Waals surface area contributed by atoms with E-state index in [1.54, 1.807) is 6.92 Å². The van der Waals surface area contributed by atoms with Gasteiger partial charge in [-0.2, -0.15) is 0 Å². The Morgan fingerprint density at radius 2 is 1.84 bits per heavy atom. The molecule has 1 unspecified atom stereocenters. The van der Waals surface area contributed by atoms with Crippen molar-refractivity contribution in [2.24, 2.45) is 5.92 Å². The summed E-state index contributed by atoms with van der Waals surface area (Å²) in [5.74, 6) is -0.852. The average molecular weight is 377 g/mol. The molecule has 146 valence electrons. The first-order chi connectivity index (χ1) is 11.8. The van der Waals surface area contributed by atoms with Crippen LogP contribution in [0.4, 0.5) is 0 Å². The van der Waals surface area contributed by atoms with Gasteiger partial charge < -0.3 is 15.4 Å². The Morgan fingerprint density at radius 1 is 1.20 bits per heavy atom. The molecule has 0 radical (unpaired) electrons. The van der Waals surface area contributed by atoms with E-state index in [9.17, 15) is 18.0 Å². The molecule has 1 fully saturated rings. The monoisotopic (exact) mass is 376 g/mol. The van der Waals surface area contributed by atoms with Crippen molar-refractivity contribution in [3.63, 3.8) is 0 Å². The molecule has 2 N–H and O–H groups in total. The SMILES string of the molecule is CCOC(C(=O)NCC[C@H](C)NC(=O)CS(=O)(=O)CC)C1CCCC1. The van der Waals surface area contributed by atoms with Gasteiger partial charge >= 0.3 is 0 Å². The lowest BCUT2D eigenvalue weighted by Crippen LogP contribution is -2.43. The lowest BCUT2D eigenvalue weighted by atomic mass is 10.00. The predicted octanol–water partition coefficient (Wildman–Crippen LogP) is 1.03. The van der Waals surface area contributed by atoms with Crippen molar-refractivity contribution in [3.05, 3.63) is 0 Å². The molecule has 0 aromatic heterocycles. The number of ether oxygens (including phenoxy) is 1. The van der Waals surface area contributed by atoms with E-state index >= 15 is 0 Å². The van der Waals surface area contributed by atoms with Crippen molar-refractivity contribution < 1.29 is 22.7 Å². The summed E-state index contributed by atoms with van der Waals surface area (Å²) in [5, 5.41) is 5.53. The molecule has 0 aromatic carbocycles. The highest BCUT2D eigenvalue weighted by molar-refractivity contribution is 7.92. The van der Waals surface area contributed by atoms with E-state index in [1.165, 1.54) is 6.92 Å². The van der Waals surface area contributed by atoms with Crippen LogP contribution in [-0.4, -0.2) is 57.0 Å². The molecule has 2 amide bonds. The van der Waals surface area contributed by atoms with Gasteiger partial charge in [0.2, 0.25) is 11.8 Å². The Kier molecular flexibility index (Phi) is 9.42. The topological polar surface area (TPSA) is 102 Å². The summed E-state index contributed by atoms with van der Waals surface area (Å²) in [6, 6.07) is -0.211. The molecule has 0 aromatic rings. The van der Waals surface area contributed by atoms with Crippen LogP contribution in [0.1, 0.15) is 52.9 Å². The van der Waals surface area contributed by atoms with Crippen LogP contribution in [0.3, 0.4) is 0 Å². The first kappa shape index (κ1) is 21.9. The molecule has 0 saturated heterocycles. The largest absolute Gasteiger partial charge is 0.368 e. The number of rotatable bonds is 11. The minimum atomic E-state index is -3.32. The summed E-state index contributed by atoms with van der Waals surface area (Å²) < 4.78 is 28.5. The van der Waals surface area contributed by atoms with E-state index in [0.29, 0.717) is 19.6 Å². The number of amides is 2. The van der Waals surface area contributed by atoms with Crippen molar-refractivity contribution in [1.29, 1.82) is 0 Å². The standard InChI is InChI=1S/C17H32N2O5S/c1-4-24-16(14-8-6-7-9-14)17(21)18-11-10-13(3)19-15(20)12-25(22,23)5-2/h13-14,16H,4-12H2,1-3H3,(H,18,21)(H,19,20)/t13-,16?/m0/s1. The average Bonchev–Trinajstić information content (AvgIpc) is 3.05. The van der Waals surface area contributed by atoms with Crippen LogP contribution in [-0.2, 0) is 24.2 Å². The molecule has 0 spiro atoms. The minimum absolute atomic E-state index is 0.0508. The molecule has 7 nitrogen and oxygen atoms in total. The van der Waals surface area contributed by atoms with E-state index in [-0.39, 0.29) is 23.6 Å². The first-order valence-electron chi connectivity index (χ1n) is 9.18. The number of hydrogen-bond acceptors (Lipinski definition) is 5. The molecule has 0 heterocycles. The summed E-state index contributed by atoms with van der Waals surface area (Å²) in [7, 11) is -3.32. The Balaban J connectivity index is 2.34. The van der Waals surface area contributed by atoms with Crippen molar-refractivity contribution >= 4 is 21.7 Å². The third-order valence-electron chi connectivity index (χ3n) is 4.51. The molecule has 0 aliphatic heterocycles. The predicted molar refractivity (Wildman–Crippen MR) is 96.9 cm³/mol. The molecule has 1 aliphatic rings. The Bertz CT molecular complexity index is 529. The molecular weight excluding hydrogens is 344 g/mol. The van der Waals surface area contributed by atoms with Crippen LogP contribution in [0.2, 0.25) is 0 Å². The van der Waals surface area contributed by atoms with Gasteiger partial charge in [0.05, 0.1) is 0 Å². The van der Waals surface area contributed by atoms with Gasteiger partial charge in [-0.3, -0.25) is 9.59 Å². The molecule has 1 rings (SSSR count). The maximum Gasteiger partial charge on any atom is 0.249 e. The van der Waals surface area contributed by atoms with Crippen molar-refractivity contribution in [1.82, 2.24) is 10.6 Å². The molecule has 0 bridgehead atoms. The lowest BCUT2D eigenvalue weighted by Gasteiger charge is -2.23. The Morgan fingerprint density at radius 3 is 2.40 bits per heavy atom. The molecular formula is C17H32N2O5S. The smallest absolute Gasteiger partial charge is 0.249 e. The van der Waals surface area contributed by atoms with Gasteiger partial charge in [-0.1, -0.05) is 19.8 Å². The fraction of sp³-hybridized carbons (Fsp3) is 0.882. The van der Waals surface area contributed by atoms with Crippen LogP contribution < -0.4 is 10.6 Å². The first-order valence-corrected chi connectivity index (χ1v) is 11.0.